The van der Waals surface area contributed by atoms with Gasteiger partial charge in [0.15, 0.2) is 6.23 Å². The fraction of sp³-hybridized carbons (Fsp3) is 0.440. The zero-order valence-corrected chi connectivity index (χ0v) is 19.6. The third-order valence-electron chi connectivity index (χ3n) is 6.84. The number of aromatic nitrogens is 3. The van der Waals surface area contributed by atoms with Crippen LogP contribution in [0.4, 0.5) is 15.9 Å². The topological polar surface area (TPSA) is 115 Å². The highest BCUT2D eigenvalue weighted by atomic mass is 19.1. The molecule has 2 amide bonds. The van der Waals surface area contributed by atoms with Crippen molar-refractivity contribution in [1.82, 2.24) is 19.7 Å². The third kappa shape index (κ3) is 4.58. The number of amides is 2. The molecule has 0 spiro atoms. The summed E-state index contributed by atoms with van der Waals surface area (Å²) >= 11 is 0. The van der Waals surface area contributed by atoms with Crippen LogP contribution in [0.1, 0.15) is 56.9 Å². The molecule has 3 N–H and O–H groups in total. The van der Waals surface area contributed by atoms with Gasteiger partial charge in [0, 0.05) is 13.2 Å². The highest BCUT2D eigenvalue weighted by Gasteiger charge is 2.35. The summed E-state index contributed by atoms with van der Waals surface area (Å²) in [5, 5.41) is 7.75. The van der Waals surface area contributed by atoms with Crippen LogP contribution >= 0.6 is 0 Å². The first-order chi connectivity index (χ1) is 16.9. The summed E-state index contributed by atoms with van der Waals surface area (Å²) in [6, 6.07) is 5.83. The number of nitrogens with one attached hydrogen (secondary N) is 1. The summed E-state index contributed by atoms with van der Waals surface area (Å²) in [6.07, 6.45) is 7.06. The number of hydrogen-bond donors (Lipinski definition) is 2. The maximum atomic E-state index is 13.9. The van der Waals surface area contributed by atoms with E-state index in [2.05, 4.69) is 15.4 Å². The van der Waals surface area contributed by atoms with E-state index in [9.17, 15) is 14.0 Å². The maximum absolute atomic E-state index is 13.9. The lowest BCUT2D eigenvalue weighted by Gasteiger charge is -2.38. The van der Waals surface area contributed by atoms with Crippen molar-refractivity contribution in [2.24, 2.45) is 5.92 Å². The van der Waals surface area contributed by atoms with Gasteiger partial charge in [0.25, 0.3) is 0 Å². The van der Waals surface area contributed by atoms with Gasteiger partial charge in [0.1, 0.15) is 17.2 Å². The number of rotatable bonds is 3. The van der Waals surface area contributed by atoms with E-state index in [1.807, 2.05) is 6.92 Å². The SMILES string of the molecule is C[C@H]1CC[C@H](c2cccc(F)c2)N(C(=O)C(=O)Nc2cnc(N)c3cnn(C4CCCCO4)c23)C1. The fourth-order valence-corrected chi connectivity index (χ4v) is 5.05. The Morgan fingerprint density at radius 1 is 1.20 bits per heavy atom. The molecular formula is C25H29FN6O3. The number of likely N-dealkylation sites (tertiary alicyclic amines) is 1. The van der Waals surface area contributed by atoms with Gasteiger partial charge in [0.2, 0.25) is 0 Å². The first-order valence-electron chi connectivity index (χ1n) is 12.0. The first-order valence-corrected chi connectivity index (χ1v) is 12.0. The minimum absolute atomic E-state index is 0.228. The fourth-order valence-electron chi connectivity index (χ4n) is 5.05. The highest BCUT2D eigenvalue weighted by molar-refractivity contribution is 6.40. The van der Waals surface area contributed by atoms with E-state index in [1.54, 1.807) is 27.9 Å². The van der Waals surface area contributed by atoms with Crippen molar-refractivity contribution < 1.29 is 18.7 Å². The highest BCUT2D eigenvalue weighted by Crippen LogP contribution is 2.35. The van der Waals surface area contributed by atoms with Gasteiger partial charge in [-0.2, -0.15) is 5.10 Å². The van der Waals surface area contributed by atoms with Gasteiger partial charge in [-0.3, -0.25) is 9.59 Å². The average molecular weight is 481 g/mol. The molecule has 0 saturated carbocycles. The van der Waals surface area contributed by atoms with Gasteiger partial charge < -0.3 is 20.7 Å². The summed E-state index contributed by atoms with van der Waals surface area (Å²) in [4.78, 5) is 32.3. The number of nitrogen functional groups attached to an aromatic ring is 1. The number of fused-ring (bicyclic) bond motifs is 1. The van der Waals surface area contributed by atoms with Crippen LogP contribution in [0, 0.1) is 11.7 Å². The number of benzene rings is 1. The van der Waals surface area contributed by atoms with Crippen LogP contribution < -0.4 is 11.1 Å². The van der Waals surface area contributed by atoms with E-state index in [0.717, 1.165) is 25.7 Å². The zero-order valence-electron chi connectivity index (χ0n) is 19.6. The minimum atomic E-state index is -0.786. The molecule has 2 aromatic heterocycles. The lowest BCUT2D eigenvalue weighted by molar-refractivity contribution is -0.146. The number of halogens is 1. The summed E-state index contributed by atoms with van der Waals surface area (Å²) in [5.41, 5.74) is 7.65. The molecule has 2 fully saturated rings. The van der Waals surface area contributed by atoms with Gasteiger partial charge in [0.05, 0.1) is 29.5 Å². The summed E-state index contributed by atoms with van der Waals surface area (Å²) < 4.78 is 21.5. The lowest BCUT2D eigenvalue weighted by atomic mass is 9.89. The Labute approximate surface area is 202 Å². The molecule has 1 unspecified atom stereocenters. The average Bonchev–Trinajstić information content (AvgIpc) is 3.32. The number of ether oxygens (including phenoxy) is 1. The monoisotopic (exact) mass is 480 g/mol. The Morgan fingerprint density at radius 2 is 2.06 bits per heavy atom. The number of hydrogen-bond acceptors (Lipinski definition) is 6. The zero-order chi connectivity index (χ0) is 24.5. The van der Waals surface area contributed by atoms with Gasteiger partial charge in [-0.15, -0.1) is 0 Å². The van der Waals surface area contributed by atoms with Gasteiger partial charge in [-0.1, -0.05) is 19.1 Å². The second-order valence-corrected chi connectivity index (χ2v) is 9.39. The molecule has 10 heteroatoms. The van der Waals surface area contributed by atoms with Gasteiger partial charge in [-0.25, -0.2) is 14.1 Å². The smallest absolute Gasteiger partial charge is 0.314 e. The van der Waals surface area contributed by atoms with E-state index in [0.29, 0.717) is 41.7 Å². The predicted octanol–water partition coefficient (Wildman–Crippen LogP) is 3.79. The van der Waals surface area contributed by atoms with E-state index in [-0.39, 0.29) is 29.8 Å². The second-order valence-electron chi connectivity index (χ2n) is 9.39. The van der Waals surface area contributed by atoms with Crippen LogP contribution in [0.5, 0.6) is 0 Å². The number of nitrogens with two attached hydrogens (primary N) is 1. The van der Waals surface area contributed by atoms with Crippen molar-refractivity contribution >= 4 is 34.2 Å². The molecule has 5 rings (SSSR count). The predicted molar refractivity (Wildman–Crippen MR) is 129 cm³/mol. The number of carbonyl (C=O) groups is 2. The minimum Gasteiger partial charge on any atom is -0.383 e. The first kappa shape index (κ1) is 23.2. The number of piperidine rings is 1. The molecular weight excluding hydrogens is 451 g/mol. The van der Waals surface area contributed by atoms with E-state index >= 15 is 0 Å². The normalized spacial score (nSPS) is 22.8. The van der Waals surface area contributed by atoms with Crippen LogP contribution in [0.15, 0.2) is 36.7 Å². The van der Waals surface area contributed by atoms with Gasteiger partial charge in [-0.05, 0) is 55.7 Å². The molecule has 2 aliphatic rings. The molecule has 184 valence electrons. The van der Waals surface area contributed by atoms with Crippen LogP contribution in [-0.2, 0) is 14.3 Å². The van der Waals surface area contributed by atoms with Crippen molar-refractivity contribution in [3.63, 3.8) is 0 Å². The molecule has 1 aromatic carbocycles. The van der Waals surface area contributed by atoms with Crippen LogP contribution in [-0.4, -0.2) is 44.6 Å². The largest absolute Gasteiger partial charge is 0.383 e. The molecule has 2 aliphatic heterocycles. The van der Waals surface area contributed by atoms with Gasteiger partial charge >= 0.3 is 11.8 Å². The molecule has 35 heavy (non-hydrogen) atoms. The standard InChI is InChI=1S/C25H29FN6O3/c1-15-8-9-20(16-5-4-6-17(26)11-16)31(14-15)25(34)24(33)30-19-13-28-23(27)18-12-29-32(22(18)19)21-7-2-3-10-35-21/h4-6,11-13,15,20-21H,2-3,7-10,14H2,1H3,(H2,27,28)(H,30,33)/t15-,20+,21?/m0/s1. The van der Waals surface area contributed by atoms with Crippen LogP contribution in [0.3, 0.4) is 0 Å². The van der Waals surface area contributed by atoms with Crippen molar-refractivity contribution in [3.8, 4) is 0 Å². The van der Waals surface area contributed by atoms with Crippen molar-refractivity contribution in [2.45, 2.75) is 51.3 Å². The van der Waals surface area contributed by atoms with E-state index in [4.69, 9.17) is 10.5 Å². The Hall–Kier alpha value is -3.53. The molecule has 3 aromatic rings. The van der Waals surface area contributed by atoms with Crippen molar-refractivity contribution in [1.29, 1.82) is 0 Å². The third-order valence-corrected chi connectivity index (χ3v) is 6.84. The Bertz CT molecular complexity index is 1260. The van der Waals surface area contributed by atoms with Crippen LogP contribution in [0.25, 0.3) is 10.9 Å². The number of nitrogens with zero attached hydrogens (tertiary/aromatic N) is 4. The molecule has 3 atom stereocenters. The summed E-state index contributed by atoms with van der Waals surface area (Å²) in [6.45, 7) is 3.08. The quantitative estimate of drug-likeness (QED) is 0.551. The van der Waals surface area contributed by atoms with Crippen molar-refractivity contribution in [2.75, 3.05) is 24.2 Å². The number of anilines is 2. The Kier molecular flexibility index (Phi) is 6.38. The van der Waals surface area contributed by atoms with E-state index < -0.39 is 11.8 Å². The summed E-state index contributed by atoms with van der Waals surface area (Å²) in [5.74, 6) is -1.32. The van der Waals surface area contributed by atoms with Crippen molar-refractivity contribution in [3.05, 3.63) is 48.0 Å². The molecule has 9 nitrogen and oxygen atoms in total. The lowest BCUT2D eigenvalue weighted by Crippen LogP contribution is -2.46. The Morgan fingerprint density at radius 3 is 2.83 bits per heavy atom. The van der Waals surface area contributed by atoms with E-state index in [1.165, 1.54) is 18.3 Å². The maximum Gasteiger partial charge on any atom is 0.314 e. The number of carbonyl (C=O) groups excluding carboxylic acids is 2. The molecule has 0 aliphatic carbocycles. The van der Waals surface area contributed by atoms with Crippen LogP contribution in [0.2, 0.25) is 0 Å². The molecule has 0 bridgehead atoms. The summed E-state index contributed by atoms with van der Waals surface area (Å²) in [7, 11) is 0. The second kappa shape index (κ2) is 9.61. The Balaban J connectivity index is 1.43. The molecule has 2 saturated heterocycles. The molecule has 0 radical (unpaired) electrons. The molecule has 4 heterocycles. The number of pyridine rings is 1.